The Bertz CT molecular complexity index is 759. The first-order chi connectivity index (χ1) is 13.4. The first-order valence-electron chi connectivity index (χ1n) is 8.79. The lowest BCUT2D eigenvalue weighted by Crippen LogP contribution is -2.44. The molecule has 1 aliphatic rings. The van der Waals surface area contributed by atoms with Crippen molar-refractivity contribution in [3.8, 4) is 11.5 Å². The first-order valence-corrected chi connectivity index (χ1v) is 9.17. The largest absolute Gasteiger partial charge is 0.493 e. The summed E-state index contributed by atoms with van der Waals surface area (Å²) in [6, 6.07) is 2.73. The van der Waals surface area contributed by atoms with Crippen LogP contribution >= 0.6 is 11.6 Å². The molecule has 0 atom stereocenters. The number of carbonyl (C=O) groups is 3. The number of benzene rings is 1. The monoisotopic (exact) mass is 410 g/mol. The summed E-state index contributed by atoms with van der Waals surface area (Å²) in [6.45, 7) is -0.562. The molecule has 2 rings (SSSR count). The summed E-state index contributed by atoms with van der Waals surface area (Å²) in [5.74, 6) is -0.643. The fourth-order valence-electron chi connectivity index (χ4n) is 2.84. The molecule has 1 aromatic rings. The highest BCUT2D eigenvalue weighted by molar-refractivity contribution is 6.32. The van der Waals surface area contributed by atoms with E-state index in [0.29, 0.717) is 22.1 Å². The summed E-state index contributed by atoms with van der Waals surface area (Å²) < 4.78 is 15.1. The zero-order chi connectivity index (χ0) is 20.5. The molecule has 0 unspecified atom stereocenters. The van der Waals surface area contributed by atoms with Gasteiger partial charge in [0.05, 0.1) is 19.2 Å². The lowest BCUT2D eigenvalue weighted by molar-refractivity contribution is -0.143. The molecule has 9 heteroatoms. The number of esters is 1. The van der Waals surface area contributed by atoms with Crippen molar-refractivity contribution in [1.82, 2.24) is 10.6 Å². The van der Waals surface area contributed by atoms with Crippen molar-refractivity contribution in [2.75, 3.05) is 20.8 Å². The van der Waals surface area contributed by atoms with Crippen molar-refractivity contribution in [3.63, 3.8) is 0 Å². The highest BCUT2D eigenvalue weighted by atomic mass is 35.5. The third-order valence-corrected chi connectivity index (χ3v) is 4.44. The Balaban J connectivity index is 1.80. The van der Waals surface area contributed by atoms with Gasteiger partial charge in [-0.3, -0.25) is 10.1 Å². The Kier molecular flexibility index (Phi) is 8.13. The van der Waals surface area contributed by atoms with Gasteiger partial charge in [0.1, 0.15) is 0 Å². The Morgan fingerprint density at radius 1 is 1.18 bits per heavy atom. The van der Waals surface area contributed by atoms with Crippen LogP contribution in [0.2, 0.25) is 5.02 Å². The van der Waals surface area contributed by atoms with E-state index in [4.69, 9.17) is 25.8 Å². The van der Waals surface area contributed by atoms with Crippen LogP contribution in [0.1, 0.15) is 31.2 Å². The highest BCUT2D eigenvalue weighted by Gasteiger charge is 2.18. The average molecular weight is 411 g/mol. The molecule has 0 saturated heterocycles. The van der Waals surface area contributed by atoms with Crippen LogP contribution in [0.25, 0.3) is 6.08 Å². The maximum absolute atomic E-state index is 11.8. The number of imide groups is 1. The van der Waals surface area contributed by atoms with Gasteiger partial charge >= 0.3 is 12.0 Å². The number of urea groups is 1. The minimum Gasteiger partial charge on any atom is -0.493 e. The summed E-state index contributed by atoms with van der Waals surface area (Å²) in [5, 5.41) is 5.16. The quantitative estimate of drug-likeness (QED) is 0.529. The van der Waals surface area contributed by atoms with Crippen LogP contribution in [-0.2, 0) is 14.3 Å². The molecule has 0 heterocycles. The topological polar surface area (TPSA) is 103 Å². The van der Waals surface area contributed by atoms with Crippen LogP contribution in [0, 0.1) is 0 Å². The lowest BCUT2D eigenvalue weighted by Gasteiger charge is -2.12. The third kappa shape index (κ3) is 6.45. The number of carbonyl (C=O) groups excluding carboxylic acids is 3. The lowest BCUT2D eigenvalue weighted by atomic mass is 10.2. The minimum atomic E-state index is -0.739. The van der Waals surface area contributed by atoms with E-state index in [0.717, 1.165) is 31.8 Å². The van der Waals surface area contributed by atoms with Gasteiger partial charge in [0.2, 0.25) is 0 Å². The molecule has 1 aliphatic carbocycles. The Morgan fingerprint density at radius 3 is 2.54 bits per heavy atom. The van der Waals surface area contributed by atoms with E-state index in [-0.39, 0.29) is 6.04 Å². The molecule has 3 amide bonds. The molecule has 1 saturated carbocycles. The van der Waals surface area contributed by atoms with Gasteiger partial charge < -0.3 is 19.5 Å². The van der Waals surface area contributed by atoms with Gasteiger partial charge in [-0.25, -0.2) is 9.59 Å². The molecule has 2 N–H and O–H groups in total. The first kappa shape index (κ1) is 21.6. The van der Waals surface area contributed by atoms with Crippen molar-refractivity contribution in [2.45, 2.75) is 31.7 Å². The fourth-order valence-corrected chi connectivity index (χ4v) is 3.13. The van der Waals surface area contributed by atoms with Gasteiger partial charge in [-0.1, -0.05) is 24.4 Å². The van der Waals surface area contributed by atoms with Crippen molar-refractivity contribution in [1.29, 1.82) is 0 Å². The van der Waals surface area contributed by atoms with E-state index in [2.05, 4.69) is 10.6 Å². The van der Waals surface area contributed by atoms with Crippen LogP contribution in [0.5, 0.6) is 11.5 Å². The predicted molar refractivity (Wildman–Crippen MR) is 103 cm³/mol. The Hall–Kier alpha value is -2.74. The van der Waals surface area contributed by atoms with E-state index >= 15 is 0 Å². The smallest absolute Gasteiger partial charge is 0.331 e. The normalized spacial score (nSPS) is 14.0. The number of methoxy groups -OCH3 is 2. The molecule has 0 bridgehead atoms. The van der Waals surface area contributed by atoms with Crippen molar-refractivity contribution in [3.05, 3.63) is 28.8 Å². The van der Waals surface area contributed by atoms with Gasteiger partial charge in [-0.15, -0.1) is 0 Å². The van der Waals surface area contributed by atoms with E-state index in [1.807, 2.05) is 0 Å². The number of amides is 3. The van der Waals surface area contributed by atoms with Crippen LogP contribution in [-0.4, -0.2) is 44.8 Å². The van der Waals surface area contributed by atoms with Gasteiger partial charge in [-0.05, 0) is 36.6 Å². The molecule has 28 heavy (non-hydrogen) atoms. The van der Waals surface area contributed by atoms with Crippen LogP contribution < -0.4 is 20.1 Å². The predicted octanol–water partition coefficient (Wildman–Crippen LogP) is 2.68. The number of hydrogen-bond acceptors (Lipinski definition) is 6. The SMILES string of the molecule is COc1cc(C=CC(=O)OCC(=O)NC(=O)NC2CCCC2)cc(Cl)c1OC. The molecular formula is C19H23ClN2O6. The van der Waals surface area contributed by atoms with E-state index < -0.39 is 24.5 Å². The van der Waals surface area contributed by atoms with Crippen LogP contribution in [0.3, 0.4) is 0 Å². The molecule has 1 aromatic carbocycles. The van der Waals surface area contributed by atoms with E-state index in [9.17, 15) is 14.4 Å². The minimum absolute atomic E-state index is 0.0894. The summed E-state index contributed by atoms with van der Waals surface area (Å²) in [7, 11) is 2.94. The summed E-state index contributed by atoms with van der Waals surface area (Å²) in [6.07, 6.45) is 6.54. The van der Waals surface area contributed by atoms with Crippen molar-refractivity contribution >= 4 is 35.6 Å². The van der Waals surface area contributed by atoms with Gasteiger partial charge in [0.15, 0.2) is 18.1 Å². The number of halogens is 1. The van der Waals surface area contributed by atoms with Crippen LogP contribution in [0.15, 0.2) is 18.2 Å². The van der Waals surface area contributed by atoms with Gasteiger partial charge in [0.25, 0.3) is 5.91 Å². The zero-order valence-electron chi connectivity index (χ0n) is 15.7. The van der Waals surface area contributed by atoms with E-state index in [1.54, 1.807) is 12.1 Å². The number of hydrogen-bond donors (Lipinski definition) is 2. The maximum Gasteiger partial charge on any atom is 0.331 e. The third-order valence-electron chi connectivity index (χ3n) is 4.16. The molecule has 0 aromatic heterocycles. The second-order valence-electron chi connectivity index (χ2n) is 6.18. The Labute approximate surface area is 168 Å². The number of nitrogens with one attached hydrogen (secondary N) is 2. The van der Waals surface area contributed by atoms with Gasteiger partial charge in [0, 0.05) is 12.1 Å². The highest BCUT2D eigenvalue weighted by Crippen LogP contribution is 2.36. The fraction of sp³-hybridized carbons (Fsp3) is 0.421. The Morgan fingerprint density at radius 2 is 1.89 bits per heavy atom. The molecule has 0 radical (unpaired) electrons. The van der Waals surface area contributed by atoms with Crippen molar-refractivity contribution < 1.29 is 28.6 Å². The second kappa shape index (κ2) is 10.6. The molecule has 8 nitrogen and oxygen atoms in total. The average Bonchev–Trinajstić information content (AvgIpc) is 3.16. The number of ether oxygens (including phenoxy) is 3. The molecular weight excluding hydrogens is 388 g/mol. The standard InChI is InChI=1S/C19H23ClN2O6/c1-26-15-10-12(9-14(20)18(15)27-2)7-8-17(24)28-11-16(23)22-19(25)21-13-5-3-4-6-13/h7-10,13H,3-6,11H2,1-2H3,(H2,21,22,23,25). The zero-order valence-corrected chi connectivity index (χ0v) is 16.5. The molecule has 0 aliphatic heterocycles. The van der Waals surface area contributed by atoms with E-state index in [1.165, 1.54) is 20.3 Å². The second-order valence-corrected chi connectivity index (χ2v) is 6.59. The number of rotatable bonds is 7. The van der Waals surface area contributed by atoms with Crippen molar-refractivity contribution in [2.24, 2.45) is 0 Å². The molecule has 1 fully saturated rings. The molecule has 152 valence electrons. The van der Waals surface area contributed by atoms with Crippen LogP contribution in [0.4, 0.5) is 4.79 Å². The summed E-state index contributed by atoms with van der Waals surface area (Å²) >= 11 is 6.09. The van der Waals surface area contributed by atoms with Gasteiger partial charge in [-0.2, -0.15) is 0 Å². The molecule has 0 spiro atoms. The summed E-state index contributed by atoms with van der Waals surface area (Å²) in [5.41, 5.74) is 0.583. The summed E-state index contributed by atoms with van der Waals surface area (Å²) in [4.78, 5) is 35.1. The maximum atomic E-state index is 11.8.